The van der Waals surface area contributed by atoms with Crippen molar-refractivity contribution in [3.05, 3.63) is 0 Å². The zero-order valence-electron chi connectivity index (χ0n) is 20.5. The Morgan fingerprint density at radius 2 is 1.33 bits per heavy atom. The van der Waals surface area contributed by atoms with Gasteiger partial charge in [-0.2, -0.15) is 0 Å². The highest BCUT2D eigenvalue weighted by molar-refractivity contribution is 5.72. The number of esters is 2. The molecule has 0 saturated heterocycles. The van der Waals surface area contributed by atoms with Crippen molar-refractivity contribution in [2.24, 2.45) is 5.92 Å². The van der Waals surface area contributed by atoms with Gasteiger partial charge in [0.25, 0.3) is 0 Å². The van der Waals surface area contributed by atoms with Gasteiger partial charge >= 0.3 is 11.9 Å². The topological polar surface area (TPSA) is 55.8 Å². The van der Waals surface area contributed by atoms with Crippen molar-refractivity contribution in [3.63, 3.8) is 0 Å². The molecule has 2 atom stereocenters. The molecule has 0 aliphatic rings. The van der Waals surface area contributed by atoms with E-state index in [1.807, 2.05) is 19.0 Å². The van der Waals surface area contributed by atoms with E-state index in [4.69, 9.17) is 9.47 Å². The average molecular weight is 428 g/mol. The van der Waals surface area contributed by atoms with Crippen LogP contribution in [0.25, 0.3) is 0 Å². The number of ether oxygens (including phenoxy) is 2. The third kappa shape index (κ3) is 17.7. The zero-order chi connectivity index (χ0) is 22.6. The third-order valence-electron chi connectivity index (χ3n) is 5.42. The molecule has 0 bridgehead atoms. The molecule has 0 spiro atoms. The van der Waals surface area contributed by atoms with Gasteiger partial charge in [0.1, 0.15) is 12.7 Å². The van der Waals surface area contributed by atoms with Gasteiger partial charge in [-0.1, -0.05) is 78.1 Å². The highest BCUT2D eigenvalue weighted by Gasteiger charge is 2.21. The molecule has 0 radical (unpaired) electrons. The number of nitrogens with zero attached hydrogens (tertiary/aromatic N) is 1. The Morgan fingerprint density at radius 3 is 1.93 bits per heavy atom. The predicted molar refractivity (Wildman–Crippen MR) is 125 cm³/mol. The van der Waals surface area contributed by atoms with Gasteiger partial charge < -0.3 is 14.4 Å². The van der Waals surface area contributed by atoms with Crippen LogP contribution in [0, 0.1) is 5.92 Å². The number of hydrogen-bond acceptors (Lipinski definition) is 5. The van der Waals surface area contributed by atoms with Crippen molar-refractivity contribution in [2.45, 2.75) is 117 Å². The molecule has 0 N–H and O–H groups in total. The molecule has 0 aromatic carbocycles. The van der Waals surface area contributed by atoms with E-state index in [0.717, 1.165) is 51.5 Å². The van der Waals surface area contributed by atoms with E-state index in [1.165, 1.54) is 38.5 Å². The molecule has 0 rings (SSSR count). The maximum absolute atomic E-state index is 12.6. The van der Waals surface area contributed by atoms with E-state index in [2.05, 4.69) is 13.8 Å². The Kier molecular flexibility index (Phi) is 19.1. The Morgan fingerprint density at radius 1 is 0.800 bits per heavy atom. The van der Waals surface area contributed by atoms with Crippen LogP contribution >= 0.6 is 0 Å². The van der Waals surface area contributed by atoms with Crippen LogP contribution in [0.15, 0.2) is 0 Å². The lowest BCUT2D eigenvalue weighted by molar-refractivity contribution is -0.160. The lowest BCUT2D eigenvalue weighted by Gasteiger charge is -2.18. The average Bonchev–Trinajstić information content (AvgIpc) is 2.69. The smallest absolute Gasteiger partial charge is 0.309 e. The van der Waals surface area contributed by atoms with Crippen LogP contribution < -0.4 is 0 Å². The van der Waals surface area contributed by atoms with Crippen LogP contribution in [0.5, 0.6) is 0 Å². The third-order valence-corrected chi connectivity index (χ3v) is 5.42. The minimum atomic E-state index is -0.393. The molecule has 0 amide bonds. The molecular weight excluding hydrogens is 378 g/mol. The maximum atomic E-state index is 12.6. The summed E-state index contributed by atoms with van der Waals surface area (Å²) in [6.07, 6.45) is 14.7. The van der Waals surface area contributed by atoms with Crippen LogP contribution in [-0.4, -0.2) is 50.2 Å². The van der Waals surface area contributed by atoms with Gasteiger partial charge in [-0.3, -0.25) is 9.59 Å². The van der Waals surface area contributed by atoms with Crippen molar-refractivity contribution in [1.82, 2.24) is 4.90 Å². The summed E-state index contributed by atoms with van der Waals surface area (Å²) in [7, 11) is 3.97. The summed E-state index contributed by atoms with van der Waals surface area (Å²) in [5, 5.41) is 0. The van der Waals surface area contributed by atoms with Crippen molar-refractivity contribution >= 4 is 11.9 Å². The fourth-order valence-electron chi connectivity index (χ4n) is 3.54. The van der Waals surface area contributed by atoms with Crippen molar-refractivity contribution in [2.75, 3.05) is 27.2 Å². The minimum Gasteiger partial charge on any atom is -0.462 e. The molecule has 0 aliphatic carbocycles. The van der Waals surface area contributed by atoms with Gasteiger partial charge in [0, 0.05) is 6.42 Å². The molecule has 5 heteroatoms. The normalized spacial score (nSPS) is 13.3. The monoisotopic (exact) mass is 427 g/mol. The molecule has 178 valence electrons. The SMILES string of the molecule is CCCCCCCCCC(CCCCC)C(=O)OCC(C)OC(=O)CCCN(C)C. The second-order valence-electron chi connectivity index (χ2n) is 8.94. The van der Waals surface area contributed by atoms with Gasteiger partial charge in [0.2, 0.25) is 0 Å². The standard InChI is InChI=1S/C25H49NO4/c1-6-8-10-11-12-13-15-18-23(17-14-9-7-2)25(28)29-21-22(3)30-24(27)19-16-20-26(4)5/h22-23H,6-21H2,1-5H3. The summed E-state index contributed by atoms with van der Waals surface area (Å²) in [6.45, 7) is 7.22. The lowest BCUT2D eigenvalue weighted by Crippen LogP contribution is -2.26. The fourth-order valence-corrected chi connectivity index (χ4v) is 3.54. The summed E-state index contributed by atoms with van der Waals surface area (Å²) in [5.41, 5.74) is 0. The van der Waals surface area contributed by atoms with E-state index in [-0.39, 0.29) is 24.5 Å². The summed E-state index contributed by atoms with van der Waals surface area (Å²) >= 11 is 0. The van der Waals surface area contributed by atoms with Crippen LogP contribution in [-0.2, 0) is 19.1 Å². The van der Waals surface area contributed by atoms with Crippen LogP contribution in [0.3, 0.4) is 0 Å². The van der Waals surface area contributed by atoms with E-state index in [0.29, 0.717) is 6.42 Å². The molecular formula is C25H49NO4. The minimum absolute atomic E-state index is 0.0183. The Hall–Kier alpha value is -1.10. The van der Waals surface area contributed by atoms with Crippen molar-refractivity contribution in [3.8, 4) is 0 Å². The first-order valence-electron chi connectivity index (χ1n) is 12.4. The lowest BCUT2D eigenvalue weighted by atomic mass is 9.94. The quantitative estimate of drug-likeness (QED) is 0.172. The molecule has 0 heterocycles. The van der Waals surface area contributed by atoms with E-state index >= 15 is 0 Å². The number of carbonyl (C=O) groups excluding carboxylic acids is 2. The van der Waals surface area contributed by atoms with E-state index < -0.39 is 6.10 Å². The van der Waals surface area contributed by atoms with Gasteiger partial charge in [-0.05, 0) is 46.8 Å². The van der Waals surface area contributed by atoms with Gasteiger partial charge in [0.05, 0.1) is 5.92 Å². The fraction of sp³-hybridized carbons (Fsp3) is 0.920. The molecule has 5 nitrogen and oxygen atoms in total. The molecule has 0 saturated carbocycles. The first kappa shape index (κ1) is 28.9. The van der Waals surface area contributed by atoms with E-state index in [1.54, 1.807) is 6.92 Å². The molecule has 0 fully saturated rings. The first-order chi connectivity index (χ1) is 14.4. The van der Waals surface area contributed by atoms with Gasteiger partial charge in [-0.25, -0.2) is 0 Å². The summed E-state index contributed by atoms with van der Waals surface area (Å²) in [6, 6.07) is 0. The zero-order valence-corrected chi connectivity index (χ0v) is 20.5. The molecule has 0 aromatic heterocycles. The second-order valence-corrected chi connectivity index (χ2v) is 8.94. The number of unbranched alkanes of at least 4 members (excludes halogenated alkanes) is 8. The maximum Gasteiger partial charge on any atom is 0.309 e. The van der Waals surface area contributed by atoms with Crippen LogP contribution in [0.4, 0.5) is 0 Å². The van der Waals surface area contributed by atoms with Crippen molar-refractivity contribution < 1.29 is 19.1 Å². The predicted octanol–water partition coefficient (Wildman–Crippen LogP) is 6.14. The first-order valence-corrected chi connectivity index (χ1v) is 12.4. The number of rotatable bonds is 20. The highest BCUT2D eigenvalue weighted by atomic mass is 16.6. The number of hydrogen-bond donors (Lipinski definition) is 0. The highest BCUT2D eigenvalue weighted by Crippen LogP contribution is 2.20. The molecule has 30 heavy (non-hydrogen) atoms. The largest absolute Gasteiger partial charge is 0.462 e. The summed E-state index contributed by atoms with van der Waals surface area (Å²) in [4.78, 5) is 26.5. The Balaban J connectivity index is 4.20. The van der Waals surface area contributed by atoms with Crippen molar-refractivity contribution in [1.29, 1.82) is 0 Å². The van der Waals surface area contributed by atoms with Gasteiger partial charge in [0.15, 0.2) is 0 Å². The molecule has 2 unspecified atom stereocenters. The number of carbonyl (C=O) groups is 2. The van der Waals surface area contributed by atoms with E-state index in [9.17, 15) is 9.59 Å². The Labute approximate surface area is 186 Å². The van der Waals surface area contributed by atoms with Crippen LogP contribution in [0.2, 0.25) is 0 Å². The Bertz CT molecular complexity index is 425. The molecule has 0 aliphatic heterocycles. The summed E-state index contributed by atoms with van der Waals surface area (Å²) in [5.74, 6) is -0.356. The van der Waals surface area contributed by atoms with Gasteiger partial charge in [-0.15, -0.1) is 0 Å². The summed E-state index contributed by atoms with van der Waals surface area (Å²) < 4.78 is 10.9. The van der Waals surface area contributed by atoms with Crippen LogP contribution in [0.1, 0.15) is 111 Å². The molecule has 0 aromatic rings. The second kappa shape index (κ2) is 19.8.